The minimum absolute atomic E-state index is 0.654. The van der Waals surface area contributed by atoms with Crippen LogP contribution in [-0.2, 0) is 13.0 Å². The molecule has 1 N–H and O–H groups in total. The maximum absolute atomic E-state index is 4.50. The van der Waals surface area contributed by atoms with Gasteiger partial charge in [0.2, 0.25) is 0 Å². The lowest BCUT2D eigenvalue weighted by Gasteiger charge is -2.35. The van der Waals surface area contributed by atoms with E-state index in [9.17, 15) is 0 Å². The standard InChI is InChI=1S/C16H27N3/c1-4-14-6-5-9-17-16(14)12-18-15-7-10-19(11-8-15)13(2)3/h5-6,9,13,15,18H,4,7-8,10-12H2,1-3H3. The highest BCUT2D eigenvalue weighted by molar-refractivity contribution is 5.19. The fourth-order valence-electron chi connectivity index (χ4n) is 2.81. The summed E-state index contributed by atoms with van der Waals surface area (Å²) >= 11 is 0. The van der Waals surface area contributed by atoms with Gasteiger partial charge in [0.15, 0.2) is 0 Å². The topological polar surface area (TPSA) is 28.2 Å². The van der Waals surface area contributed by atoms with Crippen LogP contribution in [0.25, 0.3) is 0 Å². The Hall–Kier alpha value is -0.930. The lowest BCUT2D eigenvalue weighted by molar-refractivity contribution is 0.160. The molecule has 1 aliphatic rings. The molecule has 2 heterocycles. The molecule has 3 nitrogen and oxygen atoms in total. The molecule has 1 aromatic rings. The van der Waals surface area contributed by atoms with Crippen LogP contribution in [0.2, 0.25) is 0 Å². The molecule has 0 bridgehead atoms. The van der Waals surface area contributed by atoms with Crippen LogP contribution in [0.4, 0.5) is 0 Å². The molecule has 0 aromatic carbocycles. The smallest absolute Gasteiger partial charge is 0.0573 e. The summed E-state index contributed by atoms with van der Waals surface area (Å²) < 4.78 is 0. The Balaban J connectivity index is 1.80. The van der Waals surface area contributed by atoms with Crippen molar-refractivity contribution in [3.05, 3.63) is 29.6 Å². The third-order valence-electron chi connectivity index (χ3n) is 4.18. The maximum Gasteiger partial charge on any atom is 0.0573 e. The van der Waals surface area contributed by atoms with Crippen molar-refractivity contribution >= 4 is 0 Å². The van der Waals surface area contributed by atoms with Gasteiger partial charge < -0.3 is 10.2 Å². The van der Waals surface area contributed by atoms with E-state index in [2.05, 4.69) is 42.0 Å². The van der Waals surface area contributed by atoms with Gasteiger partial charge in [0.25, 0.3) is 0 Å². The van der Waals surface area contributed by atoms with Gasteiger partial charge in [-0.15, -0.1) is 0 Å². The minimum atomic E-state index is 0.654. The number of piperidine rings is 1. The highest BCUT2D eigenvalue weighted by Crippen LogP contribution is 2.14. The van der Waals surface area contributed by atoms with Gasteiger partial charge in [-0.1, -0.05) is 13.0 Å². The molecule has 19 heavy (non-hydrogen) atoms. The zero-order chi connectivity index (χ0) is 13.7. The normalized spacial score (nSPS) is 18.1. The predicted octanol–water partition coefficient (Wildman–Crippen LogP) is 2.61. The number of aryl methyl sites for hydroxylation is 1. The van der Waals surface area contributed by atoms with Gasteiger partial charge >= 0.3 is 0 Å². The van der Waals surface area contributed by atoms with Gasteiger partial charge in [0.1, 0.15) is 0 Å². The van der Waals surface area contributed by atoms with E-state index < -0.39 is 0 Å². The van der Waals surface area contributed by atoms with Crippen LogP contribution in [-0.4, -0.2) is 35.1 Å². The van der Waals surface area contributed by atoms with Crippen molar-refractivity contribution in [2.24, 2.45) is 0 Å². The quantitative estimate of drug-likeness (QED) is 0.883. The lowest BCUT2D eigenvalue weighted by Crippen LogP contribution is -2.44. The molecule has 106 valence electrons. The van der Waals surface area contributed by atoms with Gasteiger partial charge in [0, 0.05) is 24.8 Å². The number of rotatable bonds is 5. The van der Waals surface area contributed by atoms with E-state index in [1.807, 2.05) is 12.3 Å². The first kappa shape index (κ1) is 14.5. The van der Waals surface area contributed by atoms with Gasteiger partial charge in [-0.25, -0.2) is 0 Å². The average Bonchev–Trinajstić information content (AvgIpc) is 2.45. The van der Waals surface area contributed by atoms with Crippen molar-refractivity contribution in [1.29, 1.82) is 0 Å². The molecule has 1 aliphatic heterocycles. The Morgan fingerprint density at radius 2 is 2.11 bits per heavy atom. The van der Waals surface area contributed by atoms with Gasteiger partial charge in [-0.05, 0) is 57.8 Å². The second-order valence-corrected chi connectivity index (χ2v) is 5.75. The summed E-state index contributed by atoms with van der Waals surface area (Å²) in [6, 6.07) is 5.56. The average molecular weight is 261 g/mol. The molecule has 0 amide bonds. The molecule has 0 aliphatic carbocycles. The zero-order valence-electron chi connectivity index (χ0n) is 12.5. The highest BCUT2D eigenvalue weighted by Gasteiger charge is 2.20. The zero-order valence-corrected chi connectivity index (χ0v) is 12.5. The SMILES string of the molecule is CCc1cccnc1CNC1CCN(C(C)C)CC1. The first-order valence-electron chi connectivity index (χ1n) is 7.61. The van der Waals surface area contributed by atoms with Crippen LogP contribution in [0, 0.1) is 0 Å². The second kappa shape index (κ2) is 7.01. The third-order valence-corrected chi connectivity index (χ3v) is 4.18. The van der Waals surface area contributed by atoms with E-state index in [0.717, 1.165) is 13.0 Å². The summed E-state index contributed by atoms with van der Waals surface area (Å²) in [6.07, 6.45) is 5.48. The number of aromatic nitrogens is 1. The van der Waals surface area contributed by atoms with Gasteiger partial charge in [-0.3, -0.25) is 4.98 Å². The summed E-state index contributed by atoms with van der Waals surface area (Å²) in [5.41, 5.74) is 2.59. The van der Waals surface area contributed by atoms with Crippen LogP contribution in [0.3, 0.4) is 0 Å². The van der Waals surface area contributed by atoms with Crippen molar-refractivity contribution in [2.45, 2.75) is 58.7 Å². The molecule has 1 fully saturated rings. The Morgan fingerprint density at radius 3 is 2.74 bits per heavy atom. The molecule has 0 saturated carbocycles. The summed E-state index contributed by atoms with van der Waals surface area (Å²) in [5, 5.41) is 3.68. The number of nitrogens with one attached hydrogen (secondary N) is 1. The van der Waals surface area contributed by atoms with E-state index >= 15 is 0 Å². The number of hydrogen-bond acceptors (Lipinski definition) is 3. The molecular formula is C16H27N3. The first-order chi connectivity index (χ1) is 9.20. The first-order valence-corrected chi connectivity index (χ1v) is 7.61. The Kier molecular flexibility index (Phi) is 5.34. The van der Waals surface area contributed by atoms with Gasteiger partial charge in [-0.2, -0.15) is 0 Å². The van der Waals surface area contributed by atoms with Crippen molar-refractivity contribution in [3.8, 4) is 0 Å². The van der Waals surface area contributed by atoms with Crippen molar-refractivity contribution in [3.63, 3.8) is 0 Å². The lowest BCUT2D eigenvalue weighted by atomic mass is 10.0. The molecule has 2 rings (SSSR count). The Labute approximate surface area is 117 Å². The molecule has 1 aromatic heterocycles. The fraction of sp³-hybridized carbons (Fsp3) is 0.688. The largest absolute Gasteiger partial charge is 0.308 e. The summed E-state index contributed by atoms with van der Waals surface area (Å²) in [6.45, 7) is 10.1. The van der Waals surface area contributed by atoms with E-state index in [0.29, 0.717) is 12.1 Å². The van der Waals surface area contributed by atoms with E-state index in [-0.39, 0.29) is 0 Å². The monoisotopic (exact) mass is 261 g/mol. The Bertz CT molecular complexity index is 381. The second-order valence-electron chi connectivity index (χ2n) is 5.75. The van der Waals surface area contributed by atoms with Crippen molar-refractivity contribution in [2.75, 3.05) is 13.1 Å². The van der Waals surface area contributed by atoms with Crippen molar-refractivity contribution in [1.82, 2.24) is 15.2 Å². The molecule has 0 spiro atoms. The minimum Gasteiger partial charge on any atom is -0.308 e. The molecular weight excluding hydrogens is 234 g/mol. The number of likely N-dealkylation sites (tertiary alicyclic amines) is 1. The van der Waals surface area contributed by atoms with E-state index in [1.54, 1.807) is 0 Å². The number of hydrogen-bond donors (Lipinski definition) is 1. The van der Waals surface area contributed by atoms with Crippen LogP contribution in [0.1, 0.15) is 44.9 Å². The Morgan fingerprint density at radius 1 is 1.37 bits per heavy atom. The highest BCUT2D eigenvalue weighted by atomic mass is 15.2. The number of nitrogens with zero attached hydrogens (tertiary/aromatic N) is 2. The number of pyridine rings is 1. The fourth-order valence-corrected chi connectivity index (χ4v) is 2.81. The van der Waals surface area contributed by atoms with Crippen LogP contribution >= 0.6 is 0 Å². The molecule has 0 radical (unpaired) electrons. The predicted molar refractivity (Wildman–Crippen MR) is 80.2 cm³/mol. The summed E-state index contributed by atoms with van der Waals surface area (Å²) in [5.74, 6) is 0. The maximum atomic E-state index is 4.50. The van der Waals surface area contributed by atoms with Crippen LogP contribution < -0.4 is 5.32 Å². The summed E-state index contributed by atoms with van der Waals surface area (Å²) in [7, 11) is 0. The molecule has 3 heteroatoms. The molecule has 0 atom stereocenters. The van der Waals surface area contributed by atoms with Crippen LogP contribution in [0.5, 0.6) is 0 Å². The van der Waals surface area contributed by atoms with E-state index in [4.69, 9.17) is 0 Å². The summed E-state index contributed by atoms with van der Waals surface area (Å²) in [4.78, 5) is 7.07. The van der Waals surface area contributed by atoms with E-state index in [1.165, 1.54) is 37.2 Å². The molecule has 1 saturated heterocycles. The van der Waals surface area contributed by atoms with Gasteiger partial charge in [0.05, 0.1) is 5.69 Å². The molecule has 0 unspecified atom stereocenters. The van der Waals surface area contributed by atoms with Crippen molar-refractivity contribution < 1.29 is 0 Å². The third kappa shape index (κ3) is 4.02. The van der Waals surface area contributed by atoms with Crippen LogP contribution in [0.15, 0.2) is 18.3 Å².